The number of nitrogens with one attached hydrogen (secondary N) is 1. The molecular formula is C19H22N2O5. The molecule has 1 aromatic heterocycles. The Kier molecular flexibility index (Phi) is 2.03. The molecule has 0 bridgehead atoms. The summed E-state index contributed by atoms with van der Waals surface area (Å²) in [5.41, 5.74) is -0.789. The molecular weight excluding hydrogens is 336 g/mol. The van der Waals surface area contributed by atoms with Crippen LogP contribution in [0.5, 0.6) is 0 Å². The lowest BCUT2D eigenvalue weighted by atomic mass is 8.84. The van der Waals surface area contributed by atoms with Crippen LogP contribution in [-0.4, -0.2) is 44.7 Å². The van der Waals surface area contributed by atoms with Gasteiger partial charge in [-0.3, -0.25) is 14.3 Å². The van der Waals surface area contributed by atoms with Crippen molar-refractivity contribution < 1.29 is 15.3 Å². The van der Waals surface area contributed by atoms with Crippen molar-refractivity contribution in [3.8, 4) is 0 Å². The zero-order valence-corrected chi connectivity index (χ0v) is 14.3. The van der Waals surface area contributed by atoms with Crippen LogP contribution in [0.2, 0.25) is 0 Å². The number of nitrogens with zero attached hydrogens (tertiary/aromatic N) is 1. The molecule has 0 amide bonds. The maximum Gasteiger partial charge on any atom is 0.328 e. The third-order valence-electron chi connectivity index (χ3n) is 10.1. The molecule has 4 unspecified atom stereocenters. The van der Waals surface area contributed by atoms with E-state index in [1.807, 2.05) is 0 Å². The van der Waals surface area contributed by atoms with Gasteiger partial charge in [0.15, 0.2) is 0 Å². The number of hydrogen-bond acceptors (Lipinski definition) is 5. The summed E-state index contributed by atoms with van der Waals surface area (Å²) < 4.78 is 1.62. The van der Waals surface area contributed by atoms with Crippen molar-refractivity contribution in [1.82, 2.24) is 9.55 Å². The molecule has 4 atom stereocenters. The van der Waals surface area contributed by atoms with E-state index in [0.29, 0.717) is 29.9 Å². The topological polar surface area (TPSA) is 116 Å². The van der Waals surface area contributed by atoms with Crippen LogP contribution in [0.3, 0.4) is 0 Å². The minimum absolute atomic E-state index is 0.0582. The zero-order chi connectivity index (χ0) is 17.9. The summed E-state index contributed by atoms with van der Waals surface area (Å²) in [4.78, 5) is 27.0. The normalized spacial score (nSPS) is 55.8. The predicted octanol–water partition coefficient (Wildman–Crippen LogP) is -1.13. The van der Waals surface area contributed by atoms with Gasteiger partial charge in [-0.2, -0.15) is 0 Å². The molecule has 7 saturated carbocycles. The monoisotopic (exact) mass is 358 g/mol. The molecule has 8 rings (SSSR count). The Labute approximate surface area is 148 Å². The summed E-state index contributed by atoms with van der Waals surface area (Å²) >= 11 is 0. The number of H-pyrrole nitrogens is 1. The summed E-state index contributed by atoms with van der Waals surface area (Å²) in [5.74, 6) is 1.52. The highest BCUT2D eigenvalue weighted by molar-refractivity contribution is 5.64. The largest absolute Gasteiger partial charge is 0.396 e. The molecule has 7 heteroatoms. The van der Waals surface area contributed by atoms with E-state index >= 15 is 0 Å². The Morgan fingerprint density at radius 3 is 2.27 bits per heavy atom. The standard InChI is InChI=1S/C19H22N2O5/c22-5-16-11-10-12(16)18(7-24)14(16)17(11,6-23)19(10,18)4-21-3-9(8-1-2-8)13(25)20-15(21)26/h3,8,10-12,14,22-24H,1-2,4-7H2,(H,20,25,26). The van der Waals surface area contributed by atoms with Crippen molar-refractivity contribution >= 4 is 0 Å². The first-order chi connectivity index (χ1) is 12.5. The van der Waals surface area contributed by atoms with Crippen molar-refractivity contribution in [3.05, 3.63) is 32.6 Å². The van der Waals surface area contributed by atoms with Crippen LogP contribution in [0.15, 0.2) is 15.8 Å². The molecule has 0 saturated heterocycles. The molecule has 0 radical (unpaired) electrons. The van der Waals surface area contributed by atoms with E-state index in [0.717, 1.165) is 12.8 Å². The number of aliphatic hydroxyl groups is 3. The van der Waals surface area contributed by atoms with Gasteiger partial charge in [0.25, 0.3) is 5.56 Å². The molecule has 4 N–H and O–H groups in total. The van der Waals surface area contributed by atoms with Gasteiger partial charge in [0.05, 0.1) is 0 Å². The van der Waals surface area contributed by atoms with Crippen LogP contribution in [0, 0.1) is 45.3 Å². The second kappa shape index (κ2) is 3.62. The van der Waals surface area contributed by atoms with Crippen molar-refractivity contribution in [1.29, 1.82) is 0 Å². The van der Waals surface area contributed by atoms with Gasteiger partial charge in [-0.25, -0.2) is 4.79 Å². The lowest BCUT2D eigenvalue weighted by Crippen LogP contribution is -3.20. The smallest absolute Gasteiger partial charge is 0.328 e. The van der Waals surface area contributed by atoms with E-state index in [1.54, 1.807) is 10.8 Å². The molecule has 0 aliphatic heterocycles. The minimum atomic E-state index is -0.397. The Bertz CT molecular complexity index is 980. The Morgan fingerprint density at radius 2 is 1.73 bits per heavy atom. The van der Waals surface area contributed by atoms with E-state index in [-0.39, 0.29) is 58.9 Å². The van der Waals surface area contributed by atoms with E-state index < -0.39 is 5.69 Å². The number of rotatable bonds is 6. The number of hydrogen-bond donors (Lipinski definition) is 4. The molecule has 7 fully saturated rings. The van der Waals surface area contributed by atoms with Gasteiger partial charge in [0, 0.05) is 59.8 Å². The van der Waals surface area contributed by atoms with Crippen LogP contribution < -0.4 is 11.2 Å². The van der Waals surface area contributed by atoms with Gasteiger partial charge >= 0.3 is 5.69 Å². The molecule has 7 aliphatic rings. The van der Waals surface area contributed by atoms with Gasteiger partial charge in [-0.15, -0.1) is 0 Å². The molecule has 138 valence electrons. The van der Waals surface area contributed by atoms with Gasteiger partial charge in [-0.1, -0.05) is 0 Å². The van der Waals surface area contributed by atoms with E-state index in [9.17, 15) is 24.9 Å². The quantitative estimate of drug-likeness (QED) is 0.514. The predicted molar refractivity (Wildman–Crippen MR) is 88.2 cm³/mol. The van der Waals surface area contributed by atoms with Gasteiger partial charge in [0.1, 0.15) is 0 Å². The lowest BCUT2D eigenvalue weighted by Gasteiger charge is -3.19. The van der Waals surface area contributed by atoms with Crippen LogP contribution >= 0.6 is 0 Å². The zero-order valence-electron chi connectivity index (χ0n) is 14.3. The van der Waals surface area contributed by atoms with Crippen molar-refractivity contribution in [3.63, 3.8) is 0 Å². The summed E-state index contributed by atoms with van der Waals surface area (Å²) in [5, 5.41) is 30.4. The van der Waals surface area contributed by atoms with Crippen molar-refractivity contribution in [2.24, 2.45) is 45.3 Å². The average molecular weight is 358 g/mol. The first-order valence-electron chi connectivity index (χ1n) is 9.69. The molecule has 7 nitrogen and oxygen atoms in total. The minimum Gasteiger partial charge on any atom is -0.396 e. The SMILES string of the molecule is O=c1[nH]c(=O)n(CC23C4C5C6(CO)C4C2(CO)C6C53CO)cc1C1CC1. The molecule has 1 heterocycles. The summed E-state index contributed by atoms with van der Waals surface area (Å²) in [6.07, 6.45) is 3.70. The Hall–Kier alpha value is -1.44. The summed E-state index contributed by atoms with van der Waals surface area (Å²) in [7, 11) is 0. The first-order valence-corrected chi connectivity index (χ1v) is 9.69. The van der Waals surface area contributed by atoms with Crippen LogP contribution in [-0.2, 0) is 6.54 Å². The number of aromatic amines is 1. The molecule has 0 aromatic carbocycles. The van der Waals surface area contributed by atoms with Gasteiger partial charge < -0.3 is 15.3 Å². The number of aromatic nitrogens is 2. The van der Waals surface area contributed by atoms with E-state index in [2.05, 4.69) is 4.98 Å². The number of aliphatic hydroxyl groups excluding tert-OH is 3. The summed E-state index contributed by atoms with van der Waals surface area (Å²) in [6, 6.07) is 0. The second-order valence-electron chi connectivity index (χ2n) is 9.80. The third kappa shape index (κ3) is 0.874. The molecule has 7 aliphatic carbocycles. The maximum absolute atomic E-state index is 12.5. The molecule has 26 heavy (non-hydrogen) atoms. The van der Waals surface area contributed by atoms with Crippen LogP contribution in [0.4, 0.5) is 0 Å². The Balaban J connectivity index is 1.34. The fourth-order valence-corrected chi connectivity index (χ4v) is 9.85. The van der Waals surface area contributed by atoms with Crippen molar-refractivity contribution in [2.75, 3.05) is 19.8 Å². The van der Waals surface area contributed by atoms with Crippen molar-refractivity contribution in [2.45, 2.75) is 25.3 Å². The highest BCUT2D eigenvalue weighted by Gasteiger charge is 3.19. The van der Waals surface area contributed by atoms with E-state index in [1.165, 1.54) is 0 Å². The second-order valence-corrected chi connectivity index (χ2v) is 9.80. The molecule has 0 spiro atoms. The Morgan fingerprint density at radius 1 is 1.08 bits per heavy atom. The van der Waals surface area contributed by atoms with Gasteiger partial charge in [0.2, 0.25) is 0 Å². The average Bonchev–Trinajstić information content (AvgIpc) is 3.48. The third-order valence-corrected chi connectivity index (χ3v) is 10.1. The highest BCUT2D eigenvalue weighted by Crippen LogP contribution is 3.18. The van der Waals surface area contributed by atoms with Crippen LogP contribution in [0.25, 0.3) is 0 Å². The van der Waals surface area contributed by atoms with Gasteiger partial charge in [-0.05, 0) is 42.4 Å². The van der Waals surface area contributed by atoms with Crippen LogP contribution in [0.1, 0.15) is 24.3 Å². The fraction of sp³-hybridized carbons (Fsp3) is 0.789. The first kappa shape index (κ1) is 14.6. The summed E-state index contributed by atoms with van der Waals surface area (Å²) in [6.45, 7) is 0.720. The van der Waals surface area contributed by atoms with E-state index in [4.69, 9.17) is 0 Å². The molecule has 1 aromatic rings. The maximum atomic E-state index is 12.5. The lowest BCUT2D eigenvalue weighted by molar-refractivity contribution is -0.748. The highest BCUT2D eigenvalue weighted by atomic mass is 16.3. The fourth-order valence-electron chi connectivity index (χ4n) is 9.85.